The second-order valence-corrected chi connectivity index (χ2v) is 14.0. The van der Waals surface area contributed by atoms with Crippen molar-refractivity contribution in [3.05, 3.63) is 235 Å². The maximum Gasteiger partial charge on any atom is 0.160 e. The summed E-state index contributed by atoms with van der Waals surface area (Å²) in [6.45, 7) is 0. The Hall–Kier alpha value is -7.23. The summed E-state index contributed by atoms with van der Waals surface area (Å²) in [5, 5.41) is 0. The van der Waals surface area contributed by atoms with Gasteiger partial charge in [0.25, 0.3) is 0 Å². The normalized spacial score (nSPS) is 12.5. The van der Waals surface area contributed by atoms with E-state index in [-0.39, 0.29) is 0 Å². The van der Waals surface area contributed by atoms with Crippen LogP contribution < -0.4 is 0 Å². The minimum Gasteiger partial charge on any atom is -0.256 e. The van der Waals surface area contributed by atoms with Crippen LogP contribution in [0.2, 0.25) is 0 Å². The maximum absolute atomic E-state index is 5.27. The first-order valence-corrected chi connectivity index (χ1v) is 18.7. The average Bonchev–Trinajstić information content (AvgIpc) is 3.57. The first kappa shape index (κ1) is 32.4. The molecule has 0 N–H and O–H groups in total. The van der Waals surface area contributed by atoms with E-state index in [4.69, 9.17) is 15.0 Å². The second-order valence-electron chi connectivity index (χ2n) is 14.0. The quantitative estimate of drug-likeness (QED) is 0.166. The number of hydrogen-bond donors (Lipinski definition) is 0. The number of rotatable bonds is 7. The number of benzene rings is 7. The fraction of sp³-hybridized carbons (Fsp3) is 0.0192. The van der Waals surface area contributed by atoms with Gasteiger partial charge in [-0.3, -0.25) is 4.98 Å². The molecule has 0 unspecified atom stereocenters. The number of pyridine rings is 1. The maximum atomic E-state index is 5.27. The second kappa shape index (κ2) is 13.6. The van der Waals surface area contributed by atoms with Gasteiger partial charge in [-0.1, -0.05) is 176 Å². The van der Waals surface area contributed by atoms with Gasteiger partial charge in [0.2, 0.25) is 0 Å². The summed E-state index contributed by atoms with van der Waals surface area (Å²) in [5.41, 5.74) is 16.0. The van der Waals surface area contributed by atoms with Crippen LogP contribution in [0.3, 0.4) is 0 Å². The minimum atomic E-state index is -0.584. The van der Waals surface area contributed by atoms with Crippen LogP contribution in [0.1, 0.15) is 22.3 Å². The first-order chi connectivity index (χ1) is 27.3. The van der Waals surface area contributed by atoms with E-state index >= 15 is 0 Å². The molecule has 258 valence electrons. The summed E-state index contributed by atoms with van der Waals surface area (Å²) in [7, 11) is 0. The highest BCUT2D eigenvalue weighted by molar-refractivity contribution is 5.90. The molecule has 7 aromatic carbocycles. The predicted octanol–water partition coefficient (Wildman–Crippen LogP) is 12.6. The molecule has 9 aromatic rings. The van der Waals surface area contributed by atoms with Crippen LogP contribution >= 0.6 is 0 Å². The molecule has 0 saturated heterocycles. The van der Waals surface area contributed by atoms with Crippen molar-refractivity contribution in [3.63, 3.8) is 0 Å². The van der Waals surface area contributed by atoms with E-state index in [1.54, 1.807) is 0 Å². The van der Waals surface area contributed by atoms with E-state index in [2.05, 4.69) is 176 Å². The van der Waals surface area contributed by atoms with Gasteiger partial charge in [0.15, 0.2) is 5.82 Å². The molecular formula is C52H35N3. The van der Waals surface area contributed by atoms with Crippen LogP contribution in [0.4, 0.5) is 0 Å². The van der Waals surface area contributed by atoms with Crippen molar-refractivity contribution in [3.8, 4) is 67.4 Å². The third-order valence-electron chi connectivity index (χ3n) is 10.9. The van der Waals surface area contributed by atoms with E-state index in [0.717, 1.165) is 39.3 Å². The van der Waals surface area contributed by atoms with Crippen molar-refractivity contribution in [2.75, 3.05) is 0 Å². The van der Waals surface area contributed by atoms with Crippen LogP contribution in [0.25, 0.3) is 67.4 Å². The first-order valence-electron chi connectivity index (χ1n) is 18.7. The summed E-state index contributed by atoms with van der Waals surface area (Å²) < 4.78 is 0. The highest BCUT2D eigenvalue weighted by Gasteiger charge is 2.46. The van der Waals surface area contributed by atoms with Crippen molar-refractivity contribution in [2.24, 2.45) is 0 Å². The molecule has 2 aromatic heterocycles. The fourth-order valence-corrected chi connectivity index (χ4v) is 8.26. The Morgan fingerprint density at radius 1 is 0.309 bits per heavy atom. The molecule has 55 heavy (non-hydrogen) atoms. The molecule has 0 saturated carbocycles. The minimum absolute atomic E-state index is 0.584. The molecule has 10 rings (SSSR count). The van der Waals surface area contributed by atoms with Crippen LogP contribution in [-0.4, -0.2) is 15.0 Å². The smallest absolute Gasteiger partial charge is 0.160 e. The highest BCUT2D eigenvalue weighted by Crippen LogP contribution is 2.57. The number of aromatic nitrogens is 3. The summed E-state index contributed by atoms with van der Waals surface area (Å²) >= 11 is 0. The molecule has 0 atom stereocenters. The Morgan fingerprint density at radius 3 is 1.29 bits per heavy atom. The summed E-state index contributed by atoms with van der Waals surface area (Å²) in [5.74, 6) is 0.696. The lowest BCUT2D eigenvalue weighted by atomic mass is 9.67. The van der Waals surface area contributed by atoms with Gasteiger partial charge in [0.05, 0.1) is 22.5 Å². The summed E-state index contributed by atoms with van der Waals surface area (Å²) in [4.78, 5) is 15.2. The third-order valence-corrected chi connectivity index (χ3v) is 10.9. The molecule has 0 amide bonds. The molecule has 1 aliphatic carbocycles. The zero-order valence-electron chi connectivity index (χ0n) is 30.0. The number of hydrogen-bond acceptors (Lipinski definition) is 3. The average molecular weight is 702 g/mol. The zero-order chi connectivity index (χ0) is 36.6. The highest BCUT2D eigenvalue weighted by atomic mass is 14.9. The van der Waals surface area contributed by atoms with Gasteiger partial charge in [-0.15, -0.1) is 0 Å². The monoisotopic (exact) mass is 701 g/mol. The molecule has 0 fully saturated rings. The van der Waals surface area contributed by atoms with Crippen LogP contribution in [0, 0.1) is 0 Å². The van der Waals surface area contributed by atoms with Crippen LogP contribution in [0.15, 0.2) is 212 Å². The van der Waals surface area contributed by atoms with Gasteiger partial charge >= 0.3 is 0 Å². The zero-order valence-corrected chi connectivity index (χ0v) is 30.0. The molecular weight excluding hydrogens is 667 g/mol. The molecule has 3 nitrogen and oxygen atoms in total. The molecule has 0 aliphatic heterocycles. The Morgan fingerprint density at radius 2 is 0.745 bits per heavy atom. The predicted molar refractivity (Wildman–Crippen MR) is 224 cm³/mol. The Bertz CT molecular complexity index is 2730. The Balaban J connectivity index is 1.19. The van der Waals surface area contributed by atoms with Gasteiger partial charge in [-0.2, -0.15) is 0 Å². The Labute approximate surface area is 321 Å². The van der Waals surface area contributed by atoms with E-state index < -0.39 is 5.41 Å². The van der Waals surface area contributed by atoms with Crippen molar-refractivity contribution in [1.29, 1.82) is 0 Å². The SMILES string of the molecule is c1ccc(-c2ccc(-c3cc(-c4ccc5c(c4)C(c4ccccc4)(c4ccccc4)c4cc(-c6ccccn6)ccc4-5)nc(-c4ccccc4)n3)cc2)cc1. The van der Waals surface area contributed by atoms with Crippen molar-refractivity contribution >= 4 is 0 Å². The molecule has 3 heteroatoms. The van der Waals surface area contributed by atoms with E-state index in [1.165, 1.54) is 44.5 Å². The molecule has 0 radical (unpaired) electrons. The van der Waals surface area contributed by atoms with E-state index in [1.807, 2.05) is 36.5 Å². The van der Waals surface area contributed by atoms with Gasteiger partial charge in [0, 0.05) is 28.5 Å². The summed E-state index contributed by atoms with van der Waals surface area (Å²) in [6, 6.07) is 73.2. The molecule has 0 bridgehead atoms. The lowest BCUT2D eigenvalue weighted by molar-refractivity contribution is 0.769. The fourth-order valence-electron chi connectivity index (χ4n) is 8.26. The largest absolute Gasteiger partial charge is 0.256 e. The van der Waals surface area contributed by atoms with Gasteiger partial charge in [-0.25, -0.2) is 9.97 Å². The van der Waals surface area contributed by atoms with Crippen molar-refractivity contribution < 1.29 is 0 Å². The van der Waals surface area contributed by atoms with Crippen molar-refractivity contribution in [2.45, 2.75) is 5.41 Å². The van der Waals surface area contributed by atoms with Gasteiger partial charge in [0.1, 0.15) is 0 Å². The molecule has 2 heterocycles. The van der Waals surface area contributed by atoms with Crippen LogP contribution in [0.5, 0.6) is 0 Å². The van der Waals surface area contributed by atoms with Gasteiger partial charge < -0.3 is 0 Å². The Kier molecular flexibility index (Phi) is 8.04. The molecule has 1 aliphatic rings. The van der Waals surface area contributed by atoms with E-state index in [9.17, 15) is 0 Å². The number of fused-ring (bicyclic) bond motifs is 3. The lowest BCUT2D eigenvalue weighted by Gasteiger charge is -2.34. The summed E-state index contributed by atoms with van der Waals surface area (Å²) in [6.07, 6.45) is 1.86. The van der Waals surface area contributed by atoms with E-state index in [0.29, 0.717) is 5.82 Å². The van der Waals surface area contributed by atoms with Gasteiger partial charge in [-0.05, 0) is 74.8 Å². The molecule has 0 spiro atoms. The number of nitrogens with zero attached hydrogens (tertiary/aromatic N) is 3. The topological polar surface area (TPSA) is 38.7 Å². The lowest BCUT2D eigenvalue weighted by Crippen LogP contribution is -2.28. The standard InChI is InChI=1S/C52H35N3/c1-5-15-36(16-6-1)37-24-26-38(27-25-37)49-35-50(55-51(54-49)39-17-7-2-8-18-39)41-29-31-45-44-30-28-40(48-23-13-14-32-53-48)33-46(44)52(47(45)34-41,42-19-9-3-10-20-42)43-21-11-4-12-22-43/h1-35H. The van der Waals surface area contributed by atoms with Crippen LogP contribution in [-0.2, 0) is 5.41 Å². The van der Waals surface area contributed by atoms with Crippen molar-refractivity contribution in [1.82, 2.24) is 15.0 Å². The third kappa shape index (κ3) is 5.65.